The van der Waals surface area contributed by atoms with Crippen LogP contribution in [0.4, 0.5) is 4.79 Å². The molecule has 0 aliphatic rings. The molecule has 0 radical (unpaired) electrons. The Morgan fingerprint density at radius 3 is 2.67 bits per heavy atom. The van der Waals surface area contributed by atoms with Gasteiger partial charge in [-0.25, -0.2) is 4.79 Å². The second-order valence-corrected chi connectivity index (χ2v) is 7.17. The largest absolute Gasteiger partial charge is 0.338 e. The highest BCUT2D eigenvalue weighted by atomic mass is 32.1. The summed E-state index contributed by atoms with van der Waals surface area (Å²) in [5, 5.41) is 8.95. The molecule has 0 atom stereocenters. The third kappa shape index (κ3) is 5.17. The van der Waals surface area contributed by atoms with E-state index in [1.54, 1.807) is 11.3 Å². The molecule has 1 aromatic carbocycles. The predicted molar refractivity (Wildman–Crippen MR) is 107 cm³/mol. The van der Waals surface area contributed by atoms with Crippen LogP contribution in [0.25, 0.3) is 11.5 Å². The lowest BCUT2D eigenvalue weighted by Crippen LogP contribution is -2.40. The van der Waals surface area contributed by atoms with E-state index in [0.29, 0.717) is 31.3 Å². The first-order valence-electron chi connectivity index (χ1n) is 9.16. The monoisotopic (exact) mass is 384 g/mol. The highest BCUT2D eigenvalue weighted by molar-refractivity contribution is 7.09. The number of nitrogens with one attached hydrogen (secondary N) is 1. The first-order chi connectivity index (χ1) is 13.2. The van der Waals surface area contributed by atoms with Crippen LogP contribution in [0.3, 0.4) is 0 Å². The van der Waals surface area contributed by atoms with E-state index in [9.17, 15) is 4.79 Å². The molecule has 0 aliphatic heterocycles. The fraction of sp³-hybridized carbons (Fsp3) is 0.350. The van der Waals surface area contributed by atoms with E-state index < -0.39 is 0 Å². The Morgan fingerprint density at radius 2 is 2.04 bits per heavy atom. The van der Waals surface area contributed by atoms with Gasteiger partial charge in [0.1, 0.15) is 0 Å². The molecule has 3 aromatic rings. The summed E-state index contributed by atoms with van der Waals surface area (Å²) in [6, 6.07) is 12.0. The molecule has 0 spiro atoms. The van der Waals surface area contributed by atoms with Crippen LogP contribution in [-0.2, 0) is 19.4 Å². The molecule has 7 heteroatoms. The van der Waals surface area contributed by atoms with Crippen molar-refractivity contribution in [1.82, 2.24) is 20.4 Å². The number of hydrogen-bond donors (Lipinski definition) is 1. The number of urea groups is 1. The van der Waals surface area contributed by atoms with Crippen molar-refractivity contribution in [3.05, 3.63) is 58.0 Å². The van der Waals surface area contributed by atoms with Gasteiger partial charge < -0.3 is 14.7 Å². The average Bonchev–Trinajstić information content (AvgIpc) is 3.38. The summed E-state index contributed by atoms with van der Waals surface area (Å²) in [6.07, 6.45) is 1.52. The number of carbonyl (C=O) groups is 1. The van der Waals surface area contributed by atoms with Crippen LogP contribution in [0.1, 0.15) is 30.1 Å². The topological polar surface area (TPSA) is 71.3 Å². The van der Waals surface area contributed by atoms with Crippen LogP contribution in [0.15, 0.2) is 46.3 Å². The fourth-order valence-corrected chi connectivity index (χ4v) is 3.39. The third-order valence-electron chi connectivity index (χ3n) is 4.27. The first kappa shape index (κ1) is 19.1. The van der Waals surface area contributed by atoms with Crippen molar-refractivity contribution >= 4 is 17.4 Å². The van der Waals surface area contributed by atoms with Gasteiger partial charge in [0.2, 0.25) is 0 Å². The number of rotatable bonds is 8. The number of hydrogen-bond acceptors (Lipinski definition) is 5. The molecular weight excluding hydrogens is 360 g/mol. The molecule has 27 heavy (non-hydrogen) atoms. The first-order valence-corrected chi connectivity index (χ1v) is 10.0. The lowest BCUT2D eigenvalue weighted by molar-refractivity contribution is 0.199. The van der Waals surface area contributed by atoms with Crippen LogP contribution in [0, 0.1) is 0 Å². The Bertz CT molecular complexity index is 843. The molecule has 0 unspecified atom stereocenters. The quantitative estimate of drug-likeness (QED) is 0.634. The zero-order valence-electron chi connectivity index (χ0n) is 15.6. The number of aromatic nitrogens is 2. The molecule has 142 valence electrons. The van der Waals surface area contributed by atoms with Crippen LogP contribution >= 0.6 is 11.3 Å². The van der Waals surface area contributed by atoms with Gasteiger partial charge in [-0.05, 0) is 42.5 Å². The van der Waals surface area contributed by atoms with Crippen molar-refractivity contribution in [2.75, 3.05) is 13.1 Å². The van der Waals surface area contributed by atoms with Gasteiger partial charge in [0.15, 0.2) is 5.82 Å². The van der Waals surface area contributed by atoms with E-state index in [2.05, 4.69) is 21.5 Å². The van der Waals surface area contributed by atoms with Gasteiger partial charge in [-0.1, -0.05) is 30.3 Å². The van der Waals surface area contributed by atoms with Crippen molar-refractivity contribution in [2.45, 2.75) is 33.2 Å². The highest BCUT2D eigenvalue weighted by Gasteiger charge is 2.12. The van der Waals surface area contributed by atoms with E-state index in [0.717, 1.165) is 24.0 Å². The predicted octanol–water partition coefficient (Wildman–Crippen LogP) is 4.13. The van der Waals surface area contributed by atoms with Gasteiger partial charge in [-0.3, -0.25) is 0 Å². The van der Waals surface area contributed by atoms with E-state index in [1.807, 2.05) is 54.5 Å². The maximum atomic E-state index is 12.4. The summed E-state index contributed by atoms with van der Waals surface area (Å²) in [7, 11) is 0. The summed E-state index contributed by atoms with van der Waals surface area (Å²) in [5.41, 5.74) is 2.05. The minimum Gasteiger partial charge on any atom is -0.338 e. The van der Waals surface area contributed by atoms with Crippen molar-refractivity contribution in [1.29, 1.82) is 0 Å². The fourth-order valence-electron chi connectivity index (χ4n) is 2.67. The smallest absolute Gasteiger partial charge is 0.317 e. The van der Waals surface area contributed by atoms with E-state index >= 15 is 0 Å². The molecule has 1 N–H and O–H groups in total. The normalized spacial score (nSPS) is 10.7. The Morgan fingerprint density at radius 1 is 1.22 bits per heavy atom. The summed E-state index contributed by atoms with van der Waals surface area (Å²) in [4.78, 5) is 19.7. The molecule has 6 nitrogen and oxygen atoms in total. The Labute approximate surface area is 163 Å². The molecule has 0 saturated heterocycles. The molecule has 0 bridgehead atoms. The SMILES string of the molecule is CCc1noc(-c2ccc(CCNC(=O)N(CC)Cc3cccs3)cc2)n1. The molecule has 0 fully saturated rings. The van der Waals surface area contributed by atoms with Crippen LogP contribution < -0.4 is 5.32 Å². The van der Waals surface area contributed by atoms with Crippen molar-refractivity contribution in [2.24, 2.45) is 0 Å². The number of amides is 2. The minimum absolute atomic E-state index is 0.0273. The number of thiophene rings is 1. The average molecular weight is 385 g/mol. The van der Waals surface area contributed by atoms with E-state index in [-0.39, 0.29) is 6.03 Å². The Balaban J connectivity index is 1.48. The molecule has 2 amide bonds. The number of nitrogens with zero attached hydrogens (tertiary/aromatic N) is 3. The van der Waals surface area contributed by atoms with E-state index in [1.165, 1.54) is 4.88 Å². The zero-order chi connectivity index (χ0) is 19.1. The molecule has 3 rings (SSSR count). The molecular formula is C20H24N4O2S. The zero-order valence-corrected chi connectivity index (χ0v) is 16.5. The van der Waals surface area contributed by atoms with Crippen molar-refractivity contribution in [3.8, 4) is 11.5 Å². The number of benzene rings is 1. The molecule has 0 saturated carbocycles. The maximum absolute atomic E-state index is 12.4. The van der Waals surface area contributed by atoms with Crippen LogP contribution in [0.2, 0.25) is 0 Å². The van der Waals surface area contributed by atoms with Gasteiger partial charge in [0, 0.05) is 30.0 Å². The van der Waals surface area contributed by atoms with Gasteiger partial charge in [0.05, 0.1) is 6.54 Å². The summed E-state index contributed by atoms with van der Waals surface area (Å²) in [6.45, 7) is 5.92. The third-order valence-corrected chi connectivity index (χ3v) is 5.13. The molecule has 2 aromatic heterocycles. The van der Waals surface area contributed by atoms with Crippen molar-refractivity contribution < 1.29 is 9.32 Å². The second kappa shape index (κ2) is 9.32. The van der Waals surface area contributed by atoms with Gasteiger partial charge in [-0.2, -0.15) is 4.98 Å². The standard InChI is InChI=1S/C20H24N4O2S/c1-3-18-22-19(26-23-18)16-9-7-15(8-10-16)11-12-21-20(25)24(4-2)14-17-6-5-13-27-17/h5-10,13H,3-4,11-12,14H2,1-2H3,(H,21,25). The summed E-state index contributed by atoms with van der Waals surface area (Å²) in [5.74, 6) is 1.25. The summed E-state index contributed by atoms with van der Waals surface area (Å²) < 4.78 is 5.25. The second-order valence-electron chi connectivity index (χ2n) is 6.14. The van der Waals surface area contributed by atoms with E-state index in [4.69, 9.17) is 4.52 Å². The summed E-state index contributed by atoms with van der Waals surface area (Å²) >= 11 is 1.67. The van der Waals surface area contributed by atoms with Gasteiger partial charge in [-0.15, -0.1) is 11.3 Å². The Hall–Kier alpha value is -2.67. The van der Waals surface area contributed by atoms with Gasteiger partial charge in [0.25, 0.3) is 5.89 Å². The number of aryl methyl sites for hydroxylation is 1. The lowest BCUT2D eigenvalue weighted by Gasteiger charge is -2.20. The molecule has 2 heterocycles. The van der Waals surface area contributed by atoms with Gasteiger partial charge >= 0.3 is 6.03 Å². The van der Waals surface area contributed by atoms with Crippen molar-refractivity contribution in [3.63, 3.8) is 0 Å². The van der Waals surface area contributed by atoms with Crippen LogP contribution in [-0.4, -0.2) is 34.2 Å². The maximum Gasteiger partial charge on any atom is 0.317 e. The number of carbonyl (C=O) groups excluding carboxylic acids is 1. The highest BCUT2D eigenvalue weighted by Crippen LogP contribution is 2.18. The minimum atomic E-state index is -0.0273. The lowest BCUT2D eigenvalue weighted by atomic mass is 10.1. The Kier molecular flexibility index (Phi) is 6.59. The van der Waals surface area contributed by atoms with Crippen LogP contribution in [0.5, 0.6) is 0 Å². The molecule has 0 aliphatic carbocycles.